The summed E-state index contributed by atoms with van der Waals surface area (Å²) in [6.07, 6.45) is -0.667. The van der Waals surface area contributed by atoms with Crippen molar-refractivity contribution >= 4 is 27.8 Å². The van der Waals surface area contributed by atoms with Crippen LogP contribution < -0.4 is 5.32 Å². The summed E-state index contributed by atoms with van der Waals surface area (Å²) in [5.41, 5.74) is 1.10. The van der Waals surface area contributed by atoms with Gasteiger partial charge in [-0.15, -0.1) is 0 Å². The van der Waals surface area contributed by atoms with Gasteiger partial charge < -0.3 is 4.74 Å². The van der Waals surface area contributed by atoms with Gasteiger partial charge in [-0.05, 0) is 21.5 Å². The highest BCUT2D eigenvalue weighted by Crippen LogP contribution is 2.20. The monoisotopic (exact) mass is 320 g/mol. The number of aromatic amines is 1. The predicted molar refractivity (Wildman–Crippen MR) is 71.3 cm³/mol. The normalized spacial score (nSPS) is 9.68. The minimum atomic E-state index is -0.667. The number of benzene rings is 1. The van der Waals surface area contributed by atoms with E-state index in [0.717, 1.165) is 5.56 Å². The van der Waals surface area contributed by atoms with E-state index in [1.54, 1.807) is 0 Å². The van der Waals surface area contributed by atoms with Crippen LogP contribution in [-0.4, -0.2) is 16.3 Å². The zero-order chi connectivity index (χ0) is 13.7. The van der Waals surface area contributed by atoms with Crippen molar-refractivity contribution in [3.05, 3.63) is 46.1 Å². The number of nitrogens with zero attached hydrogens (tertiary/aromatic N) is 2. The number of nitriles is 1. The van der Waals surface area contributed by atoms with Gasteiger partial charge in [-0.3, -0.25) is 10.4 Å². The molecule has 96 valence electrons. The number of hydrogen-bond acceptors (Lipinski definition) is 4. The molecule has 19 heavy (non-hydrogen) atoms. The van der Waals surface area contributed by atoms with Gasteiger partial charge in [0.05, 0.1) is 0 Å². The Balaban J connectivity index is 1.93. The van der Waals surface area contributed by atoms with Crippen LogP contribution in [0.5, 0.6) is 0 Å². The second-order valence-corrected chi connectivity index (χ2v) is 4.35. The van der Waals surface area contributed by atoms with E-state index in [0.29, 0.717) is 4.60 Å². The molecule has 0 saturated heterocycles. The molecule has 2 N–H and O–H groups in total. The molecule has 0 radical (unpaired) electrons. The number of anilines is 1. The molecule has 0 atom stereocenters. The van der Waals surface area contributed by atoms with Crippen LogP contribution in [0.1, 0.15) is 11.1 Å². The Labute approximate surface area is 117 Å². The molecule has 0 fully saturated rings. The first-order chi connectivity index (χ1) is 9.20. The van der Waals surface area contributed by atoms with Crippen LogP contribution >= 0.6 is 15.9 Å². The Kier molecular flexibility index (Phi) is 4.15. The van der Waals surface area contributed by atoms with Gasteiger partial charge in [0.2, 0.25) is 0 Å². The van der Waals surface area contributed by atoms with Crippen LogP contribution in [-0.2, 0) is 11.3 Å². The largest absolute Gasteiger partial charge is 0.444 e. The van der Waals surface area contributed by atoms with Crippen molar-refractivity contribution in [1.82, 2.24) is 10.2 Å². The van der Waals surface area contributed by atoms with Gasteiger partial charge in [0.25, 0.3) is 0 Å². The summed E-state index contributed by atoms with van der Waals surface area (Å²) >= 11 is 3.11. The number of H-pyrrole nitrogens is 1. The van der Waals surface area contributed by atoms with Crippen LogP contribution in [0, 0.1) is 11.3 Å². The smallest absolute Gasteiger partial charge is 0.413 e. The highest BCUT2D eigenvalue weighted by Gasteiger charge is 2.14. The average molecular weight is 321 g/mol. The Morgan fingerprint density at radius 1 is 1.47 bits per heavy atom. The summed E-state index contributed by atoms with van der Waals surface area (Å²) in [5, 5.41) is 17.6. The van der Waals surface area contributed by atoms with Crippen LogP contribution in [0.4, 0.5) is 10.6 Å². The fourth-order valence-corrected chi connectivity index (χ4v) is 1.73. The predicted octanol–water partition coefficient (Wildman–Crippen LogP) is 2.79. The van der Waals surface area contributed by atoms with Crippen molar-refractivity contribution in [2.45, 2.75) is 6.61 Å². The number of carbonyl (C=O) groups excluding carboxylic acids is 1. The molecular weight excluding hydrogens is 312 g/mol. The van der Waals surface area contributed by atoms with Crippen molar-refractivity contribution in [3.63, 3.8) is 0 Å². The minimum Gasteiger partial charge on any atom is -0.444 e. The fraction of sp³-hybridized carbons (Fsp3) is 0.0833. The van der Waals surface area contributed by atoms with E-state index in [1.165, 1.54) is 0 Å². The first-order valence-electron chi connectivity index (χ1n) is 5.32. The Hall–Kier alpha value is -2.33. The van der Waals surface area contributed by atoms with Gasteiger partial charge in [-0.25, -0.2) is 4.79 Å². The van der Waals surface area contributed by atoms with Crippen molar-refractivity contribution in [1.29, 1.82) is 5.26 Å². The number of hydrogen-bond donors (Lipinski definition) is 2. The Bertz CT molecular complexity index is 618. The van der Waals surface area contributed by atoms with Gasteiger partial charge in [-0.2, -0.15) is 10.4 Å². The van der Waals surface area contributed by atoms with Gasteiger partial charge in [0.15, 0.2) is 5.82 Å². The average Bonchev–Trinajstić information content (AvgIpc) is 2.78. The molecule has 0 unspecified atom stereocenters. The van der Waals surface area contributed by atoms with Crippen molar-refractivity contribution in [3.8, 4) is 6.07 Å². The number of aromatic nitrogens is 2. The van der Waals surface area contributed by atoms with Crippen LogP contribution in [0.25, 0.3) is 0 Å². The lowest BCUT2D eigenvalue weighted by Crippen LogP contribution is -2.14. The lowest BCUT2D eigenvalue weighted by molar-refractivity contribution is 0.155. The van der Waals surface area contributed by atoms with E-state index >= 15 is 0 Å². The summed E-state index contributed by atoms with van der Waals surface area (Å²) in [6.45, 7) is 0.153. The summed E-state index contributed by atoms with van der Waals surface area (Å²) in [5.74, 6) is 0.132. The van der Waals surface area contributed by atoms with Gasteiger partial charge in [0.1, 0.15) is 22.8 Å². The topological polar surface area (TPSA) is 90.8 Å². The second-order valence-electron chi connectivity index (χ2n) is 3.56. The number of carbonyl (C=O) groups is 1. The molecule has 1 amide bonds. The molecule has 1 aromatic carbocycles. The summed E-state index contributed by atoms with van der Waals surface area (Å²) in [4.78, 5) is 11.6. The molecule has 0 aliphatic carbocycles. The SMILES string of the molecule is N#Cc1c(NC(=O)OCc2ccccc2)n[nH]c1Br. The molecule has 1 heterocycles. The third kappa shape index (κ3) is 3.33. The molecule has 7 heteroatoms. The maximum atomic E-state index is 11.6. The van der Waals surface area contributed by atoms with Crippen molar-refractivity contribution in [2.24, 2.45) is 0 Å². The van der Waals surface area contributed by atoms with E-state index < -0.39 is 6.09 Å². The number of amides is 1. The van der Waals surface area contributed by atoms with E-state index in [1.807, 2.05) is 36.4 Å². The van der Waals surface area contributed by atoms with Crippen LogP contribution in [0.15, 0.2) is 34.9 Å². The molecule has 1 aromatic heterocycles. The molecular formula is C12H9BrN4O2. The van der Waals surface area contributed by atoms with E-state index in [4.69, 9.17) is 10.00 Å². The molecule has 2 aromatic rings. The third-order valence-electron chi connectivity index (χ3n) is 2.27. The molecule has 2 rings (SSSR count). The summed E-state index contributed by atoms with van der Waals surface area (Å²) in [6, 6.07) is 11.2. The highest BCUT2D eigenvalue weighted by atomic mass is 79.9. The maximum absolute atomic E-state index is 11.6. The highest BCUT2D eigenvalue weighted by molar-refractivity contribution is 9.10. The number of halogens is 1. The Morgan fingerprint density at radius 2 is 2.21 bits per heavy atom. The zero-order valence-corrected chi connectivity index (χ0v) is 11.3. The molecule has 0 spiro atoms. The van der Waals surface area contributed by atoms with Crippen molar-refractivity contribution in [2.75, 3.05) is 5.32 Å². The zero-order valence-electron chi connectivity index (χ0n) is 9.68. The van der Waals surface area contributed by atoms with E-state index in [2.05, 4.69) is 31.4 Å². The van der Waals surface area contributed by atoms with Gasteiger partial charge in [-0.1, -0.05) is 30.3 Å². The molecule has 0 aliphatic rings. The summed E-state index contributed by atoms with van der Waals surface area (Å²) < 4.78 is 5.42. The molecule has 0 aliphatic heterocycles. The third-order valence-corrected chi connectivity index (χ3v) is 2.84. The van der Waals surface area contributed by atoms with Crippen LogP contribution in [0.2, 0.25) is 0 Å². The number of ether oxygens (including phenoxy) is 1. The second kappa shape index (κ2) is 6.02. The standard InChI is InChI=1S/C12H9BrN4O2/c13-10-9(6-14)11(17-16-10)15-12(18)19-7-8-4-2-1-3-5-8/h1-5H,7H2,(H2,15,16,17,18). The molecule has 0 bridgehead atoms. The molecule has 0 saturated carbocycles. The lowest BCUT2D eigenvalue weighted by Gasteiger charge is -2.05. The Morgan fingerprint density at radius 3 is 2.89 bits per heavy atom. The first-order valence-corrected chi connectivity index (χ1v) is 6.11. The number of rotatable bonds is 3. The summed E-state index contributed by atoms with van der Waals surface area (Å²) in [7, 11) is 0. The number of nitrogens with one attached hydrogen (secondary N) is 2. The molecule has 6 nitrogen and oxygen atoms in total. The van der Waals surface area contributed by atoms with Crippen LogP contribution in [0.3, 0.4) is 0 Å². The first kappa shape index (κ1) is 13.1. The quantitative estimate of drug-likeness (QED) is 0.909. The fourth-order valence-electron chi connectivity index (χ4n) is 1.37. The maximum Gasteiger partial charge on any atom is 0.413 e. The van der Waals surface area contributed by atoms with Crippen molar-refractivity contribution < 1.29 is 9.53 Å². The van der Waals surface area contributed by atoms with E-state index in [-0.39, 0.29) is 18.0 Å². The van der Waals surface area contributed by atoms with E-state index in [9.17, 15) is 4.79 Å². The minimum absolute atomic E-state index is 0.132. The lowest BCUT2D eigenvalue weighted by atomic mass is 10.2. The van der Waals surface area contributed by atoms with Gasteiger partial charge in [0, 0.05) is 0 Å². The van der Waals surface area contributed by atoms with Gasteiger partial charge >= 0.3 is 6.09 Å².